The van der Waals surface area contributed by atoms with E-state index in [9.17, 15) is 5.26 Å². The Labute approximate surface area is 446 Å². The predicted molar refractivity (Wildman–Crippen MR) is 324 cm³/mol. The summed E-state index contributed by atoms with van der Waals surface area (Å²) in [6, 6.07) is 60.5. The minimum atomic E-state index is -0.167. The molecule has 3 nitrogen and oxygen atoms in total. The van der Waals surface area contributed by atoms with Crippen molar-refractivity contribution in [2.45, 2.75) is 76.2 Å². The van der Waals surface area contributed by atoms with Crippen LogP contribution in [0.25, 0.3) is 116 Å². The van der Waals surface area contributed by atoms with E-state index in [0.717, 1.165) is 11.1 Å². The summed E-state index contributed by atoms with van der Waals surface area (Å²) in [7, 11) is 0. The second kappa shape index (κ2) is 16.4. The van der Waals surface area contributed by atoms with Gasteiger partial charge in [0.05, 0.1) is 22.7 Å². The Bertz CT molecular complexity index is 4570. The van der Waals surface area contributed by atoms with Crippen LogP contribution in [-0.4, -0.2) is 15.9 Å². The van der Waals surface area contributed by atoms with Gasteiger partial charge in [0.1, 0.15) is 0 Å². The minimum Gasteiger partial charge on any atom is -0.375 e. The molecule has 0 bridgehead atoms. The molecule has 364 valence electrons. The zero-order chi connectivity index (χ0) is 52.3. The van der Waals surface area contributed by atoms with Crippen molar-refractivity contribution in [3.05, 3.63) is 218 Å². The summed E-state index contributed by atoms with van der Waals surface area (Å²) in [5.74, 6) is 0. The zero-order valence-electron chi connectivity index (χ0n) is 45.4. The Morgan fingerprint density at radius 3 is 1.46 bits per heavy atom. The molecule has 0 saturated heterocycles. The zero-order valence-corrected chi connectivity index (χ0v) is 45.4. The molecule has 12 aromatic rings. The monoisotopic (exact) mass is 975 g/mol. The Morgan fingerprint density at radius 2 is 0.868 bits per heavy atom. The highest BCUT2D eigenvalue weighted by atomic mass is 15.0. The summed E-state index contributed by atoms with van der Waals surface area (Å²) in [6.07, 6.45) is 0. The molecule has 2 aromatic heterocycles. The summed E-state index contributed by atoms with van der Waals surface area (Å²) >= 11 is 0. The lowest BCUT2D eigenvalue weighted by atomic mass is 9.45. The Kier molecular flexibility index (Phi) is 9.93. The molecule has 14 rings (SSSR count). The number of nitrogens with zero attached hydrogens (tertiary/aromatic N) is 3. The smallest absolute Gasteiger partial charge is 0.333 e. The largest absolute Gasteiger partial charge is 0.375 e. The molecule has 10 aromatic carbocycles. The summed E-state index contributed by atoms with van der Waals surface area (Å²) < 4.78 is 5.36. The Morgan fingerprint density at radius 1 is 0.382 bits per heavy atom. The number of fused-ring (bicyclic) bond motifs is 10. The van der Waals surface area contributed by atoms with Crippen molar-refractivity contribution in [2.75, 3.05) is 0 Å². The molecule has 0 aliphatic carbocycles. The maximum absolute atomic E-state index is 10.4. The van der Waals surface area contributed by atoms with Gasteiger partial charge in [0.2, 0.25) is 0 Å². The molecule has 2 aliphatic rings. The van der Waals surface area contributed by atoms with Crippen molar-refractivity contribution >= 4 is 61.4 Å². The lowest BCUT2D eigenvalue weighted by Gasteiger charge is -2.36. The molecular formula is C72H58BN3. The minimum absolute atomic E-state index is 0.167. The summed E-state index contributed by atoms with van der Waals surface area (Å²) in [4.78, 5) is 0. The summed E-state index contributed by atoms with van der Waals surface area (Å²) in [5, 5.41) is 15.4. The summed E-state index contributed by atoms with van der Waals surface area (Å²) in [6.45, 7) is 24.7. The summed E-state index contributed by atoms with van der Waals surface area (Å²) in [5.41, 5.74) is 38.3. The molecule has 0 amide bonds. The van der Waals surface area contributed by atoms with Gasteiger partial charge < -0.3 is 9.05 Å². The highest BCUT2D eigenvalue weighted by Gasteiger charge is 2.43. The predicted octanol–water partition coefficient (Wildman–Crippen LogP) is 17.4. The number of hydrogen-bond donors (Lipinski definition) is 0. The average Bonchev–Trinajstić information content (AvgIpc) is 3.90. The second-order valence-corrected chi connectivity index (χ2v) is 22.6. The third-order valence-corrected chi connectivity index (χ3v) is 17.5. The van der Waals surface area contributed by atoms with E-state index in [-0.39, 0.29) is 6.85 Å². The quantitative estimate of drug-likeness (QED) is 0.158. The van der Waals surface area contributed by atoms with Gasteiger partial charge in [-0.2, -0.15) is 5.26 Å². The van der Waals surface area contributed by atoms with Crippen LogP contribution in [0.2, 0.25) is 0 Å². The lowest BCUT2D eigenvalue weighted by molar-refractivity contribution is 1.17. The van der Waals surface area contributed by atoms with Crippen molar-refractivity contribution in [2.24, 2.45) is 0 Å². The van der Waals surface area contributed by atoms with Crippen LogP contribution in [0.15, 0.2) is 152 Å². The van der Waals surface area contributed by atoms with Gasteiger partial charge in [-0.15, -0.1) is 0 Å². The van der Waals surface area contributed by atoms with Crippen LogP contribution in [0.4, 0.5) is 0 Å². The fourth-order valence-corrected chi connectivity index (χ4v) is 14.8. The molecule has 0 saturated carbocycles. The number of aromatic nitrogens is 2. The van der Waals surface area contributed by atoms with Crippen LogP contribution >= 0.6 is 0 Å². The van der Waals surface area contributed by atoms with Crippen LogP contribution in [0.3, 0.4) is 0 Å². The van der Waals surface area contributed by atoms with Crippen molar-refractivity contribution in [1.29, 1.82) is 5.26 Å². The number of benzene rings is 10. The fraction of sp³-hybridized carbons (Fsp3) is 0.153. The van der Waals surface area contributed by atoms with Gasteiger partial charge in [0.15, 0.2) is 0 Å². The maximum atomic E-state index is 10.4. The lowest BCUT2D eigenvalue weighted by Crippen LogP contribution is -2.55. The Hall–Kier alpha value is -8.65. The van der Waals surface area contributed by atoms with Gasteiger partial charge in [-0.3, -0.25) is 0 Å². The van der Waals surface area contributed by atoms with E-state index >= 15 is 0 Å². The SMILES string of the molecule is Cc1cc(C)c(-c2ccc3c(c2)c2cc(-c4c(C)cc(C)cc4C)cc4c2n3-c2cc(-c3cccc(C#N)c3)c(C)c3c2B4n2c4ccc(-c5c(C)cccc5C)cc4c4cc(-c5c(C)cccc5C)cc-3c42)c(C)c1. The number of nitriles is 1. The van der Waals surface area contributed by atoms with Gasteiger partial charge in [0.25, 0.3) is 0 Å². The molecule has 0 fully saturated rings. The third-order valence-electron chi connectivity index (χ3n) is 17.5. The van der Waals surface area contributed by atoms with Crippen LogP contribution in [0.1, 0.15) is 66.8 Å². The van der Waals surface area contributed by atoms with Crippen LogP contribution < -0.4 is 10.9 Å². The fourth-order valence-electron chi connectivity index (χ4n) is 14.8. The normalized spacial score (nSPS) is 12.4. The molecule has 0 radical (unpaired) electrons. The van der Waals surface area contributed by atoms with E-state index in [0.29, 0.717) is 5.56 Å². The van der Waals surface area contributed by atoms with E-state index in [2.05, 4.69) is 231 Å². The van der Waals surface area contributed by atoms with Crippen LogP contribution in [0, 0.1) is 87.5 Å². The van der Waals surface area contributed by atoms with Gasteiger partial charge >= 0.3 is 6.85 Å². The van der Waals surface area contributed by atoms with Crippen molar-refractivity contribution in [3.63, 3.8) is 0 Å². The van der Waals surface area contributed by atoms with Gasteiger partial charge in [-0.25, -0.2) is 0 Å². The molecule has 4 heteroatoms. The first-order chi connectivity index (χ1) is 36.7. The maximum Gasteiger partial charge on any atom is 0.333 e. The first-order valence-electron chi connectivity index (χ1n) is 26.9. The first kappa shape index (κ1) is 45.9. The first-order valence-corrected chi connectivity index (χ1v) is 26.9. The van der Waals surface area contributed by atoms with Crippen LogP contribution in [-0.2, 0) is 0 Å². The molecule has 0 unspecified atom stereocenters. The third kappa shape index (κ3) is 6.42. The van der Waals surface area contributed by atoms with Crippen LogP contribution in [0.5, 0.6) is 0 Å². The topological polar surface area (TPSA) is 33.6 Å². The molecule has 76 heavy (non-hydrogen) atoms. The average molecular weight is 976 g/mol. The van der Waals surface area contributed by atoms with Gasteiger partial charge in [-0.1, -0.05) is 102 Å². The number of hydrogen-bond acceptors (Lipinski definition) is 1. The molecule has 0 N–H and O–H groups in total. The van der Waals surface area contributed by atoms with E-state index in [4.69, 9.17) is 0 Å². The Balaban J connectivity index is 1.20. The molecule has 0 atom stereocenters. The molecule has 4 heterocycles. The van der Waals surface area contributed by atoms with E-state index < -0.39 is 0 Å². The standard InChI is InChI=1S/C72H58BN3/c1-38-25-44(7)67(45(8)26-38)52-21-23-62-56(30-52)59-33-54(68-46(9)27-39(2)28-47(68)10)35-61-72(59)75(62)64-36-55(50-20-14-19-49(29-50)37-74)48(11)69-60-34-53(66-42(5)17-13-18-43(66)6)32-58-57-31-51(65-40(3)15-12-16-41(65)4)22-24-63(57)76(71(58)60)73(61)70(64)69/h12-36H,1-11H3. The molecule has 2 aliphatic heterocycles. The highest BCUT2D eigenvalue weighted by molar-refractivity contribution is 6.90. The van der Waals surface area contributed by atoms with E-state index in [1.54, 1.807) is 0 Å². The van der Waals surface area contributed by atoms with Crippen molar-refractivity contribution in [3.8, 4) is 78.5 Å². The second-order valence-electron chi connectivity index (χ2n) is 22.6. The van der Waals surface area contributed by atoms with Crippen molar-refractivity contribution in [1.82, 2.24) is 9.05 Å². The van der Waals surface area contributed by atoms with E-state index in [1.807, 2.05) is 12.1 Å². The van der Waals surface area contributed by atoms with Gasteiger partial charge in [0, 0.05) is 43.8 Å². The molecule has 0 spiro atoms. The molecular weight excluding hydrogens is 918 g/mol. The highest BCUT2D eigenvalue weighted by Crippen LogP contribution is 2.50. The number of rotatable bonds is 5. The van der Waals surface area contributed by atoms with Crippen molar-refractivity contribution < 1.29 is 0 Å². The van der Waals surface area contributed by atoms with E-state index in [1.165, 1.54) is 177 Å². The van der Waals surface area contributed by atoms with Gasteiger partial charge in [-0.05, 0) is 259 Å². The number of aryl methyl sites for hydroxylation is 10.